The van der Waals surface area contributed by atoms with Crippen molar-refractivity contribution in [2.75, 3.05) is 12.4 Å². The van der Waals surface area contributed by atoms with E-state index < -0.39 is 4.92 Å². The Balaban J connectivity index is 1.86. The maximum atomic E-state index is 11.0. The zero-order valence-corrected chi connectivity index (χ0v) is 14.3. The Morgan fingerprint density at radius 3 is 2.81 bits per heavy atom. The number of anilines is 1. The quantitative estimate of drug-likeness (QED) is 0.536. The first-order chi connectivity index (χ1) is 12.6. The molecule has 8 heteroatoms. The minimum Gasteiger partial charge on any atom is -0.481 e. The summed E-state index contributed by atoms with van der Waals surface area (Å²) < 4.78 is 5.24. The van der Waals surface area contributed by atoms with Gasteiger partial charge in [-0.15, -0.1) is 0 Å². The molecule has 0 saturated heterocycles. The molecule has 0 aliphatic heterocycles. The third-order valence-corrected chi connectivity index (χ3v) is 3.67. The minimum absolute atomic E-state index is 0.00205. The van der Waals surface area contributed by atoms with Crippen molar-refractivity contribution in [2.45, 2.75) is 13.5 Å². The monoisotopic (exact) mass is 351 g/mol. The van der Waals surface area contributed by atoms with Gasteiger partial charge in [0, 0.05) is 47.8 Å². The SMILES string of the molecule is COc1ncccc1CNc1cc(C)nc(-c2cccc([N+](=O)[O-])c2)n1. The molecule has 0 atom stereocenters. The number of rotatable bonds is 6. The molecule has 2 aromatic heterocycles. The second-order valence-corrected chi connectivity index (χ2v) is 5.55. The average Bonchev–Trinajstić information content (AvgIpc) is 2.66. The van der Waals surface area contributed by atoms with Gasteiger partial charge in [-0.2, -0.15) is 0 Å². The summed E-state index contributed by atoms with van der Waals surface area (Å²) in [5.41, 5.74) is 2.23. The normalized spacial score (nSPS) is 10.4. The van der Waals surface area contributed by atoms with E-state index in [9.17, 15) is 10.1 Å². The van der Waals surface area contributed by atoms with Crippen molar-refractivity contribution in [1.82, 2.24) is 15.0 Å². The lowest BCUT2D eigenvalue weighted by Crippen LogP contribution is -2.06. The number of nitrogens with zero attached hydrogens (tertiary/aromatic N) is 4. The molecule has 0 aliphatic rings. The first-order valence-electron chi connectivity index (χ1n) is 7.89. The van der Waals surface area contributed by atoms with Crippen molar-refractivity contribution in [2.24, 2.45) is 0 Å². The number of hydrogen-bond donors (Lipinski definition) is 1. The van der Waals surface area contributed by atoms with Gasteiger partial charge in [0.2, 0.25) is 5.88 Å². The summed E-state index contributed by atoms with van der Waals surface area (Å²) in [6.07, 6.45) is 1.66. The number of non-ortho nitro benzene ring substituents is 1. The summed E-state index contributed by atoms with van der Waals surface area (Å²) in [5.74, 6) is 1.59. The van der Waals surface area contributed by atoms with E-state index in [4.69, 9.17) is 4.74 Å². The molecule has 0 amide bonds. The summed E-state index contributed by atoms with van der Waals surface area (Å²) in [5, 5.41) is 14.2. The average molecular weight is 351 g/mol. The lowest BCUT2D eigenvalue weighted by atomic mass is 10.2. The van der Waals surface area contributed by atoms with Crippen LogP contribution in [0.4, 0.5) is 11.5 Å². The Morgan fingerprint density at radius 2 is 2.04 bits per heavy atom. The smallest absolute Gasteiger partial charge is 0.270 e. The molecule has 0 spiro atoms. The lowest BCUT2D eigenvalue weighted by Gasteiger charge is -2.10. The second-order valence-electron chi connectivity index (χ2n) is 5.55. The summed E-state index contributed by atoms with van der Waals surface area (Å²) in [6, 6.07) is 11.8. The van der Waals surface area contributed by atoms with Gasteiger partial charge in [-0.25, -0.2) is 15.0 Å². The molecule has 1 aromatic carbocycles. The molecule has 0 bridgehead atoms. The summed E-state index contributed by atoms with van der Waals surface area (Å²) in [6.45, 7) is 2.32. The highest BCUT2D eigenvalue weighted by Crippen LogP contribution is 2.23. The number of ether oxygens (including phenoxy) is 1. The topological polar surface area (TPSA) is 103 Å². The second kappa shape index (κ2) is 7.56. The molecular formula is C18H17N5O3. The number of nitro benzene ring substituents is 1. The van der Waals surface area contributed by atoms with Crippen molar-refractivity contribution in [3.63, 3.8) is 0 Å². The van der Waals surface area contributed by atoms with Crippen LogP contribution in [0.1, 0.15) is 11.3 Å². The third-order valence-electron chi connectivity index (χ3n) is 3.67. The van der Waals surface area contributed by atoms with Crippen LogP contribution in [0, 0.1) is 17.0 Å². The molecule has 1 N–H and O–H groups in total. The van der Waals surface area contributed by atoms with Crippen LogP contribution in [0.25, 0.3) is 11.4 Å². The molecule has 3 rings (SSSR count). The highest BCUT2D eigenvalue weighted by Gasteiger charge is 2.11. The van der Waals surface area contributed by atoms with Crippen molar-refractivity contribution in [3.8, 4) is 17.3 Å². The molecule has 0 saturated carbocycles. The van der Waals surface area contributed by atoms with Crippen molar-refractivity contribution in [3.05, 3.63) is 70.0 Å². The molecule has 2 heterocycles. The summed E-state index contributed by atoms with van der Waals surface area (Å²) in [7, 11) is 1.57. The van der Waals surface area contributed by atoms with E-state index in [0.717, 1.165) is 11.3 Å². The maximum absolute atomic E-state index is 11.0. The van der Waals surface area contributed by atoms with Crippen LogP contribution in [0.2, 0.25) is 0 Å². The van der Waals surface area contributed by atoms with Crippen LogP contribution in [0.15, 0.2) is 48.7 Å². The fraction of sp³-hybridized carbons (Fsp3) is 0.167. The lowest BCUT2D eigenvalue weighted by molar-refractivity contribution is -0.384. The van der Waals surface area contributed by atoms with Gasteiger partial charge in [-0.05, 0) is 13.0 Å². The molecule has 0 fully saturated rings. The molecule has 0 aliphatic carbocycles. The molecule has 26 heavy (non-hydrogen) atoms. The first kappa shape index (κ1) is 17.3. The van der Waals surface area contributed by atoms with Gasteiger partial charge >= 0.3 is 0 Å². The van der Waals surface area contributed by atoms with E-state index in [0.29, 0.717) is 29.6 Å². The number of aromatic nitrogens is 3. The van der Waals surface area contributed by atoms with Crippen LogP contribution in [0.3, 0.4) is 0 Å². The molecule has 0 radical (unpaired) electrons. The Bertz CT molecular complexity index is 946. The van der Waals surface area contributed by atoms with E-state index in [-0.39, 0.29) is 5.69 Å². The number of methoxy groups -OCH3 is 1. The van der Waals surface area contributed by atoms with Crippen LogP contribution in [-0.2, 0) is 6.54 Å². The summed E-state index contributed by atoms with van der Waals surface area (Å²) in [4.78, 5) is 23.5. The van der Waals surface area contributed by atoms with Gasteiger partial charge in [0.1, 0.15) is 5.82 Å². The van der Waals surface area contributed by atoms with Crippen molar-refractivity contribution < 1.29 is 9.66 Å². The minimum atomic E-state index is -0.437. The van der Waals surface area contributed by atoms with Gasteiger partial charge in [-0.3, -0.25) is 10.1 Å². The van der Waals surface area contributed by atoms with E-state index in [1.54, 1.807) is 25.4 Å². The molecular weight excluding hydrogens is 334 g/mol. The number of aryl methyl sites for hydroxylation is 1. The summed E-state index contributed by atoms with van der Waals surface area (Å²) >= 11 is 0. The maximum Gasteiger partial charge on any atom is 0.270 e. The number of benzene rings is 1. The number of pyridine rings is 1. The zero-order valence-electron chi connectivity index (χ0n) is 14.3. The van der Waals surface area contributed by atoms with Gasteiger partial charge in [0.05, 0.1) is 12.0 Å². The van der Waals surface area contributed by atoms with E-state index in [1.165, 1.54) is 12.1 Å². The number of hydrogen-bond acceptors (Lipinski definition) is 7. The fourth-order valence-electron chi connectivity index (χ4n) is 2.48. The Hall–Kier alpha value is -3.55. The van der Waals surface area contributed by atoms with Crippen LogP contribution >= 0.6 is 0 Å². The molecule has 3 aromatic rings. The van der Waals surface area contributed by atoms with Gasteiger partial charge in [0.15, 0.2) is 5.82 Å². The number of nitro groups is 1. The first-order valence-corrected chi connectivity index (χ1v) is 7.89. The molecule has 0 unspecified atom stereocenters. The highest BCUT2D eigenvalue weighted by molar-refractivity contribution is 5.61. The highest BCUT2D eigenvalue weighted by atomic mass is 16.6. The molecule has 132 valence electrons. The predicted molar refractivity (Wildman–Crippen MR) is 97.0 cm³/mol. The van der Waals surface area contributed by atoms with E-state index >= 15 is 0 Å². The van der Waals surface area contributed by atoms with E-state index in [2.05, 4.69) is 20.3 Å². The van der Waals surface area contributed by atoms with Gasteiger partial charge in [0.25, 0.3) is 5.69 Å². The van der Waals surface area contributed by atoms with Crippen LogP contribution in [0.5, 0.6) is 5.88 Å². The fourth-order valence-corrected chi connectivity index (χ4v) is 2.48. The van der Waals surface area contributed by atoms with E-state index in [1.807, 2.05) is 25.1 Å². The van der Waals surface area contributed by atoms with Crippen molar-refractivity contribution >= 4 is 11.5 Å². The third kappa shape index (κ3) is 3.92. The number of nitrogens with one attached hydrogen (secondary N) is 1. The van der Waals surface area contributed by atoms with Gasteiger partial charge in [-0.1, -0.05) is 18.2 Å². The standard InChI is InChI=1S/C18H17N5O3/c1-12-9-16(20-11-14-6-4-8-19-18(14)26-2)22-17(21-12)13-5-3-7-15(10-13)23(24)25/h3-10H,11H2,1-2H3,(H,20,21,22). The van der Waals surface area contributed by atoms with Crippen molar-refractivity contribution in [1.29, 1.82) is 0 Å². The Kier molecular flexibility index (Phi) is 5.02. The largest absolute Gasteiger partial charge is 0.481 e. The molecule has 8 nitrogen and oxygen atoms in total. The Morgan fingerprint density at radius 1 is 1.19 bits per heavy atom. The zero-order chi connectivity index (χ0) is 18.5. The Labute approximate surface area is 150 Å². The van der Waals surface area contributed by atoms with Crippen LogP contribution < -0.4 is 10.1 Å². The van der Waals surface area contributed by atoms with Gasteiger partial charge < -0.3 is 10.1 Å². The van der Waals surface area contributed by atoms with Crippen LogP contribution in [-0.4, -0.2) is 27.0 Å². The predicted octanol–water partition coefficient (Wildman–Crippen LogP) is 3.38.